The number of hydroxylamine groups is 2. The van der Waals surface area contributed by atoms with Crippen molar-refractivity contribution < 1.29 is 14.4 Å². The van der Waals surface area contributed by atoms with Gasteiger partial charge in [0, 0.05) is 11.1 Å². The lowest BCUT2D eigenvalue weighted by molar-refractivity contribution is -0.139. The van der Waals surface area contributed by atoms with Gasteiger partial charge in [0.2, 0.25) is 6.41 Å². The minimum Gasteiger partial charge on any atom is -0.376 e. The number of aldehydes is 1. The van der Waals surface area contributed by atoms with Crippen molar-refractivity contribution in [2.24, 2.45) is 0 Å². The van der Waals surface area contributed by atoms with Crippen LogP contribution in [0.4, 0.5) is 0 Å². The van der Waals surface area contributed by atoms with Gasteiger partial charge in [0.15, 0.2) is 5.75 Å². The summed E-state index contributed by atoms with van der Waals surface area (Å²) in [5.41, 5.74) is 1.46. The van der Waals surface area contributed by atoms with E-state index in [4.69, 9.17) is 4.84 Å². The molecule has 0 saturated carbocycles. The first-order valence-electron chi connectivity index (χ1n) is 3.81. The maximum atomic E-state index is 10.4. The zero-order valence-electron chi connectivity index (χ0n) is 6.77. The summed E-state index contributed by atoms with van der Waals surface area (Å²) >= 11 is 0. The van der Waals surface area contributed by atoms with Crippen LogP contribution in [0.2, 0.25) is 0 Å². The van der Waals surface area contributed by atoms with Gasteiger partial charge in [-0.25, -0.2) is 0 Å². The molecule has 0 bridgehead atoms. The molecule has 1 aromatic carbocycles. The molecule has 1 aliphatic rings. The number of carbonyl (C=O) groups is 2. The predicted octanol–water partition coefficient (Wildman–Crippen LogP) is 0.765. The Morgan fingerprint density at radius 2 is 2.23 bits per heavy atom. The van der Waals surface area contributed by atoms with Crippen molar-refractivity contribution in [1.82, 2.24) is 5.06 Å². The highest BCUT2D eigenvalue weighted by atomic mass is 16.7. The van der Waals surface area contributed by atoms with Gasteiger partial charge in [0.05, 0.1) is 6.54 Å². The molecule has 0 unspecified atom stereocenters. The van der Waals surface area contributed by atoms with E-state index in [0.717, 1.165) is 11.8 Å². The van der Waals surface area contributed by atoms with E-state index in [-0.39, 0.29) is 0 Å². The van der Waals surface area contributed by atoms with Crippen LogP contribution in [0.15, 0.2) is 18.2 Å². The summed E-state index contributed by atoms with van der Waals surface area (Å²) in [5, 5.41) is 1.18. The summed E-state index contributed by atoms with van der Waals surface area (Å²) in [7, 11) is 0. The largest absolute Gasteiger partial charge is 0.376 e. The highest BCUT2D eigenvalue weighted by Crippen LogP contribution is 2.27. The topological polar surface area (TPSA) is 46.6 Å². The molecule has 1 aromatic rings. The Labute approximate surface area is 74.7 Å². The highest BCUT2D eigenvalue weighted by molar-refractivity contribution is 5.76. The zero-order valence-corrected chi connectivity index (χ0v) is 6.77. The van der Waals surface area contributed by atoms with Crippen LogP contribution in [-0.2, 0) is 11.3 Å². The van der Waals surface area contributed by atoms with Crippen LogP contribution in [0.3, 0.4) is 0 Å². The number of benzene rings is 1. The minimum atomic E-state index is 0.442. The lowest BCUT2D eigenvalue weighted by Gasteiger charge is -2.05. The number of carbonyl (C=O) groups excluding carboxylic acids is 2. The van der Waals surface area contributed by atoms with Gasteiger partial charge in [-0.05, 0) is 6.07 Å². The van der Waals surface area contributed by atoms with Crippen molar-refractivity contribution in [3.63, 3.8) is 0 Å². The first kappa shape index (κ1) is 7.79. The van der Waals surface area contributed by atoms with Gasteiger partial charge in [-0.3, -0.25) is 9.59 Å². The van der Waals surface area contributed by atoms with Gasteiger partial charge in [-0.1, -0.05) is 12.1 Å². The van der Waals surface area contributed by atoms with Crippen molar-refractivity contribution in [3.8, 4) is 5.75 Å². The molecule has 66 valence electrons. The zero-order chi connectivity index (χ0) is 9.26. The second kappa shape index (κ2) is 2.90. The average Bonchev–Trinajstić information content (AvgIpc) is 2.58. The normalized spacial score (nSPS) is 13.4. The van der Waals surface area contributed by atoms with E-state index in [0.29, 0.717) is 24.3 Å². The quantitative estimate of drug-likeness (QED) is 0.626. The van der Waals surface area contributed by atoms with E-state index in [1.54, 1.807) is 18.2 Å². The van der Waals surface area contributed by atoms with Crippen molar-refractivity contribution in [1.29, 1.82) is 0 Å². The first-order chi connectivity index (χ1) is 6.33. The average molecular weight is 177 g/mol. The number of hydrogen-bond acceptors (Lipinski definition) is 3. The van der Waals surface area contributed by atoms with Gasteiger partial charge in [0.25, 0.3) is 0 Å². The molecule has 2 rings (SSSR count). The molecule has 0 aliphatic carbocycles. The first-order valence-corrected chi connectivity index (χ1v) is 3.81. The third-order valence-corrected chi connectivity index (χ3v) is 1.89. The number of hydrogen-bond donors (Lipinski definition) is 0. The molecule has 0 N–H and O–H groups in total. The molecule has 0 fully saturated rings. The highest BCUT2D eigenvalue weighted by Gasteiger charge is 2.19. The van der Waals surface area contributed by atoms with Gasteiger partial charge >= 0.3 is 0 Å². The summed E-state index contributed by atoms with van der Waals surface area (Å²) in [5.74, 6) is 0.580. The van der Waals surface area contributed by atoms with Crippen LogP contribution in [-0.4, -0.2) is 17.8 Å². The second-order valence-electron chi connectivity index (χ2n) is 2.76. The number of fused-ring (bicyclic) bond motifs is 1. The molecule has 0 saturated heterocycles. The summed E-state index contributed by atoms with van der Waals surface area (Å²) in [6.45, 7) is 0.442. The maximum Gasteiger partial charge on any atom is 0.242 e. The van der Waals surface area contributed by atoms with Gasteiger partial charge in [-0.2, -0.15) is 5.06 Å². The molecule has 0 spiro atoms. The standard InChI is InChI=1S/C9H7NO3/c11-5-7-1-2-8-4-10(6-12)13-9(8)3-7/h1-3,5-6H,4H2. The van der Waals surface area contributed by atoms with Crippen LogP contribution >= 0.6 is 0 Å². The molecule has 0 aromatic heterocycles. The fraction of sp³-hybridized carbons (Fsp3) is 0.111. The van der Waals surface area contributed by atoms with Crippen LogP contribution in [0.25, 0.3) is 0 Å². The molecule has 4 heteroatoms. The molecular weight excluding hydrogens is 170 g/mol. The molecule has 0 radical (unpaired) electrons. The molecule has 4 nitrogen and oxygen atoms in total. The van der Waals surface area contributed by atoms with E-state index in [9.17, 15) is 9.59 Å². The Kier molecular flexibility index (Phi) is 1.73. The maximum absolute atomic E-state index is 10.4. The summed E-state index contributed by atoms with van der Waals surface area (Å²) in [6, 6.07) is 5.10. The fourth-order valence-electron chi connectivity index (χ4n) is 1.25. The van der Waals surface area contributed by atoms with Crippen molar-refractivity contribution in [3.05, 3.63) is 29.3 Å². The molecule has 13 heavy (non-hydrogen) atoms. The van der Waals surface area contributed by atoms with E-state index < -0.39 is 0 Å². The van der Waals surface area contributed by atoms with Crippen molar-refractivity contribution in [2.45, 2.75) is 6.54 Å². The minimum absolute atomic E-state index is 0.442. The smallest absolute Gasteiger partial charge is 0.242 e. The Hall–Kier alpha value is -1.84. The Balaban J connectivity index is 2.35. The van der Waals surface area contributed by atoms with Crippen molar-refractivity contribution in [2.75, 3.05) is 0 Å². The Bertz CT molecular complexity index is 362. The number of nitrogens with zero attached hydrogens (tertiary/aromatic N) is 1. The SMILES string of the molecule is O=Cc1ccc2c(c1)ON(C=O)C2. The number of rotatable bonds is 2. The summed E-state index contributed by atoms with van der Waals surface area (Å²) < 4.78 is 0. The predicted molar refractivity (Wildman–Crippen MR) is 44.1 cm³/mol. The third kappa shape index (κ3) is 1.26. The van der Waals surface area contributed by atoms with Crippen LogP contribution in [0.1, 0.15) is 15.9 Å². The van der Waals surface area contributed by atoms with E-state index in [1.165, 1.54) is 5.06 Å². The van der Waals surface area contributed by atoms with Gasteiger partial charge in [0.1, 0.15) is 6.29 Å². The lowest BCUT2D eigenvalue weighted by atomic mass is 10.1. The Morgan fingerprint density at radius 3 is 2.92 bits per heavy atom. The Morgan fingerprint density at radius 1 is 1.38 bits per heavy atom. The van der Waals surface area contributed by atoms with Crippen LogP contribution < -0.4 is 4.84 Å². The monoisotopic (exact) mass is 177 g/mol. The van der Waals surface area contributed by atoms with E-state index >= 15 is 0 Å². The summed E-state index contributed by atoms with van der Waals surface area (Å²) in [4.78, 5) is 25.9. The van der Waals surface area contributed by atoms with Crippen molar-refractivity contribution >= 4 is 12.7 Å². The molecule has 0 atom stereocenters. The molecular formula is C9H7NO3. The van der Waals surface area contributed by atoms with Crippen LogP contribution in [0.5, 0.6) is 5.75 Å². The molecule has 1 heterocycles. The summed E-state index contributed by atoms with van der Waals surface area (Å²) in [6.07, 6.45) is 1.35. The number of amides is 1. The van der Waals surface area contributed by atoms with Crippen LogP contribution in [0, 0.1) is 0 Å². The third-order valence-electron chi connectivity index (χ3n) is 1.89. The van der Waals surface area contributed by atoms with E-state index in [1.807, 2.05) is 0 Å². The molecule has 1 aliphatic heterocycles. The van der Waals surface area contributed by atoms with E-state index in [2.05, 4.69) is 0 Å². The molecule has 1 amide bonds. The fourth-order valence-corrected chi connectivity index (χ4v) is 1.25. The second-order valence-corrected chi connectivity index (χ2v) is 2.76. The van der Waals surface area contributed by atoms with Gasteiger partial charge in [-0.15, -0.1) is 0 Å². The van der Waals surface area contributed by atoms with Gasteiger partial charge < -0.3 is 4.84 Å². The lowest BCUT2D eigenvalue weighted by Crippen LogP contribution is -2.18.